The molecule has 1 aromatic carbocycles. The third-order valence-electron chi connectivity index (χ3n) is 2.68. The first-order chi connectivity index (χ1) is 9.94. The van der Waals surface area contributed by atoms with Crippen molar-refractivity contribution in [2.75, 3.05) is 26.6 Å². The van der Waals surface area contributed by atoms with Crippen LogP contribution in [0.3, 0.4) is 0 Å². The second-order valence-corrected chi connectivity index (χ2v) is 4.09. The molecule has 7 nitrogen and oxygen atoms in total. The van der Waals surface area contributed by atoms with Crippen molar-refractivity contribution >= 4 is 17.6 Å². The molecule has 1 unspecified atom stereocenters. The summed E-state index contributed by atoms with van der Waals surface area (Å²) in [5, 5.41) is 0. The fourth-order valence-electron chi connectivity index (χ4n) is 1.60. The van der Waals surface area contributed by atoms with Crippen LogP contribution in [0.25, 0.3) is 0 Å². The lowest BCUT2D eigenvalue weighted by Gasteiger charge is -2.15. The summed E-state index contributed by atoms with van der Waals surface area (Å²) in [6.45, 7) is 3.30. The number of nitrogen functional groups attached to an aromatic ring is 1. The summed E-state index contributed by atoms with van der Waals surface area (Å²) in [7, 11) is 2.89. The Hall–Kier alpha value is -2.44. The summed E-state index contributed by atoms with van der Waals surface area (Å²) in [6, 6.07) is 2.85. The highest BCUT2D eigenvalue weighted by Gasteiger charge is 2.22. The van der Waals surface area contributed by atoms with Crippen LogP contribution in [0, 0.1) is 0 Å². The van der Waals surface area contributed by atoms with Crippen LogP contribution in [0.1, 0.15) is 24.2 Å². The molecule has 0 radical (unpaired) electrons. The van der Waals surface area contributed by atoms with Crippen molar-refractivity contribution < 1.29 is 28.5 Å². The largest absolute Gasteiger partial charge is 0.493 e. The van der Waals surface area contributed by atoms with Gasteiger partial charge in [-0.05, 0) is 13.8 Å². The zero-order valence-electron chi connectivity index (χ0n) is 12.5. The second-order valence-electron chi connectivity index (χ2n) is 4.09. The summed E-state index contributed by atoms with van der Waals surface area (Å²) in [5.74, 6) is -0.633. The first-order valence-electron chi connectivity index (χ1n) is 6.33. The molecule has 1 atom stereocenters. The standard InChI is InChI=1S/C14H19NO6/c1-5-20-13(16)8(2)21-14(17)9-6-11(18-3)12(19-4)7-10(9)15/h6-8H,5,15H2,1-4H3. The lowest BCUT2D eigenvalue weighted by atomic mass is 10.1. The number of esters is 2. The number of carbonyl (C=O) groups excluding carboxylic acids is 2. The van der Waals surface area contributed by atoms with Gasteiger partial charge in [0.05, 0.1) is 32.1 Å². The Labute approximate surface area is 122 Å². The molecule has 2 N–H and O–H groups in total. The minimum absolute atomic E-state index is 0.0869. The summed E-state index contributed by atoms with van der Waals surface area (Å²) < 4.78 is 19.9. The molecule has 7 heteroatoms. The average Bonchev–Trinajstić information content (AvgIpc) is 2.46. The Morgan fingerprint density at radius 2 is 1.76 bits per heavy atom. The molecule has 0 amide bonds. The van der Waals surface area contributed by atoms with Gasteiger partial charge in [-0.1, -0.05) is 0 Å². The van der Waals surface area contributed by atoms with Gasteiger partial charge in [0.25, 0.3) is 0 Å². The SMILES string of the molecule is CCOC(=O)C(C)OC(=O)c1cc(OC)c(OC)cc1N. The van der Waals surface area contributed by atoms with Crippen LogP contribution < -0.4 is 15.2 Å². The van der Waals surface area contributed by atoms with Gasteiger partial charge in [-0.15, -0.1) is 0 Å². The molecule has 1 aromatic rings. The van der Waals surface area contributed by atoms with E-state index in [1.807, 2.05) is 0 Å². The fraction of sp³-hybridized carbons (Fsp3) is 0.429. The Kier molecular flexibility index (Phi) is 5.83. The number of hydrogen-bond acceptors (Lipinski definition) is 7. The van der Waals surface area contributed by atoms with Gasteiger partial charge in [-0.2, -0.15) is 0 Å². The minimum atomic E-state index is -1.02. The predicted molar refractivity (Wildman–Crippen MR) is 75.5 cm³/mol. The van der Waals surface area contributed by atoms with E-state index in [-0.39, 0.29) is 17.9 Å². The Morgan fingerprint density at radius 3 is 2.29 bits per heavy atom. The molecule has 0 spiro atoms. The van der Waals surface area contributed by atoms with Crippen LogP contribution in [0.4, 0.5) is 5.69 Å². The molecule has 0 aliphatic carbocycles. The van der Waals surface area contributed by atoms with Crippen LogP contribution >= 0.6 is 0 Å². The zero-order chi connectivity index (χ0) is 16.0. The van der Waals surface area contributed by atoms with Crippen LogP contribution in [0.2, 0.25) is 0 Å². The molecular formula is C14H19NO6. The highest BCUT2D eigenvalue weighted by atomic mass is 16.6. The van der Waals surface area contributed by atoms with Crippen molar-refractivity contribution in [1.29, 1.82) is 0 Å². The van der Waals surface area contributed by atoms with Gasteiger partial charge in [-0.25, -0.2) is 9.59 Å². The lowest BCUT2D eigenvalue weighted by molar-refractivity contribution is -0.152. The number of carbonyl (C=O) groups is 2. The number of hydrogen-bond donors (Lipinski definition) is 1. The Bertz CT molecular complexity index is 528. The smallest absolute Gasteiger partial charge is 0.347 e. The molecule has 0 aromatic heterocycles. The Balaban J connectivity index is 2.95. The van der Waals surface area contributed by atoms with E-state index < -0.39 is 18.0 Å². The molecule has 0 bridgehead atoms. The summed E-state index contributed by atoms with van der Waals surface area (Å²) in [6.07, 6.45) is -1.02. The molecule has 116 valence electrons. The Morgan fingerprint density at radius 1 is 1.19 bits per heavy atom. The third kappa shape index (κ3) is 4.01. The van der Waals surface area contributed by atoms with Gasteiger partial charge < -0.3 is 24.7 Å². The topological polar surface area (TPSA) is 97.1 Å². The van der Waals surface area contributed by atoms with E-state index in [1.54, 1.807) is 6.92 Å². The highest BCUT2D eigenvalue weighted by molar-refractivity contribution is 5.97. The van der Waals surface area contributed by atoms with Crippen molar-refractivity contribution in [2.45, 2.75) is 20.0 Å². The monoisotopic (exact) mass is 297 g/mol. The normalized spacial score (nSPS) is 11.4. The summed E-state index contributed by atoms with van der Waals surface area (Å²) in [4.78, 5) is 23.5. The molecule has 1 rings (SSSR count). The third-order valence-corrected chi connectivity index (χ3v) is 2.68. The van der Waals surface area contributed by atoms with E-state index in [0.29, 0.717) is 11.5 Å². The predicted octanol–water partition coefficient (Wildman–Crippen LogP) is 1.39. The van der Waals surface area contributed by atoms with Gasteiger partial charge in [0.1, 0.15) is 0 Å². The maximum atomic E-state index is 12.0. The lowest BCUT2D eigenvalue weighted by Crippen LogP contribution is -2.26. The highest BCUT2D eigenvalue weighted by Crippen LogP contribution is 2.32. The van der Waals surface area contributed by atoms with Crippen LogP contribution in [-0.2, 0) is 14.3 Å². The fourth-order valence-corrected chi connectivity index (χ4v) is 1.60. The number of nitrogens with two attached hydrogens (primary N) is 1. The summed E-state index contributed by atoms with van der Waals surface area (Å²) in [5.41, 5.74) is 6.03. The van der Waals surface area contributed by atoms with Gasteiger partial charge in [-0.3, -0.25) is 0 Å². The van der Waals surface area contributed by atoms with Crippen LogP contribution in [0.15, 0.2) is 12.1 Å². The number of methoxy groups -OCH3 is 2. The van der Waals surface area contributed by atoms with Crippen molar-refractivity contribution in [3.8, 4) is 11.5 Å². The van der Waals surface area contributed by atoms with E-state index in [2.05, 4.69) is 0 Å². The maximum absolute atomic E-state index is 12.0. The quantitative estimate of drug-likeness (QED) is 0.626. The van der Waals surface area contributed by atoms with Crippen molar-refractivity contribution in [3.05, 3.63) is 17.7 Å². The van der Waals surface area contributed by atoms with Gasteiger partial charge in [0.2, 0.25) is 0 Å². The van der Waals surface area contributed by atoms with Crippen molar-refractivity contribution in [1.82, 2.24) is 0 Å². The molecule has 0 heterocycles. The molecular weight excluding hydrogens is 278 g/mol. The van der Waals surface area contributed by atoms with Gasteiger partial charge in [0.15, 0.2) is 17.6 Å². The summed E-state index contributed by atoms with van der Waals surface area (Å²) >= 11 is 0. The number of ether oxygens (including phenoxy) is 4. The zero-order valence-corrected chi connectivity index (χ0v) is 12.5. The van der Waals surface area contributed by atoms with E-state index in [0.717, 1.165) is 0 Å². The molecule has 21 heavy (non-hydrogen) atoms. The first kappa shape index (κ1) is 16.6. The maximum Gasteiger partial charge on any atom is 0.347 e. The van der Waals surface area contributed by atoms with E-state index >= 15 is 0 Å². The molecule has 0 saturated heterocycles. The van der Waals surface area contributed by atoms with E-state index in [4.69, 9.17) is 24.7 Å². The van der Waals surface area contributed by atoms with E-state index in [1.165, 1.54) is 33.3 Å². The van der Waals surface area contributed by atoms with Crippen LogP contribution in [-0.4, -0.2) is 38.9 Å². The van der Waals surface area contributed by atoms with Crippen molar-refractivity contribution in [3.63, 3.8) is 0 Å². The second kappa shape index (κ2) is 7.37. The van der Waals surface area contributed by atoms with Crippen molar-refractivity contribution in [2.24, 2.45) is 0 Å². The first-order valence-corrected chi connectivity index (χ1v) is 6.33. The molecule has 0 aliphatic rings. The molecule has 0 aliphatic heterocycles. The minimum Gasteiger partial charge on any atom is -0.493 e. The van der Waals surface area contributed by atoms with Gasteiger partial charge >= 0.3 is 11.9 Å². The average molecular weight is 297 g/mol. The number of benzene rings is 1. The molecule has 0 fully saturated rings. The number of anilines is 1. The van der Waals surface area contributed by atoms with E-state index in [9.17, 15) is 9.59 Å². The van der Waals surface area contributed by atoms with Gasteiger partial charge in [0, 0.05) is 12.1 Å². The molecule has 0 saturated carbocycles. The number of rotatable bonds is 6. The van der Waals surface area contributed by atoms with Crippen LogP contribution in [0.5, 0.6) is 11.5 Å².